The van der Waals surface area contributed by atoms with Crippen LogP contribution in [0.5, 0.6) is 5.75 Å². The van der Waals surface area contributed by atoms with Crippen molar-refractivity contribution in [2.75, 3.05) is 25.0 Å². The summed E-state index contributed by atoms with van der Waals surface area (Å²) in [7, 11) is 0. The monoisotopic (exact) mass is 247 g/mol. The summed E-state index contributed by atoms with van der Waals surface area (Å²) < 4.78 is 5.45. The van der Waals surface area contributed by atoms with Gasteiger partial charge in [0.05, 0.1) is 19.2 Å². The SMILES string of the molecule is CCCOc1ccc(NCC(=O)NCC#N)cc1. The third-order valence-corrected chi connectivity index (χ3v) is 2.14. The molecule has 0 aliphatic heterocycles. The molecule has 0 heterocycles. The smallest absolute Gasteiger partial charge is 0.240 e. The number of carbonyl (C=O) groups is 1. The van der Waals surface area contributed by atoms with E-state index in [2.05, 4.69) is 17.6 Å². The summed E-state index contributed by atoms with van der Waals surface area (Å²) >= 11 is 0. The first kappa shape index (κ1) is 13.8. The normalized spacial score (nSPS) is 9.33. The molecule has 0 aliphatic rings. The molecular weight excluding hydrogens is 230 g/mol. The van der Waals surface area contributed by atoms with E-state index in [-0.39, 0.29) is 19.0 Å². The van der Waals surface area contributed by atoms with Crippen molar-refractivity contribution in [2.45, 2.75) is 13.3 Å². The molecule has 1 aromatic carbocycles. The van der Waals surface area contributed by atoms with Crippen LogP contribution < -0.4 is 15.4 Å². The van der Waals surface area contributed by atoms with Crippen molar-refractivity contribution in [3.63, 3.8) is 0 Å². The van der Waals surface area contributed by atoms with Gasteiger partial charge in [0, 0.05) is 5.69 Å². The van der Waals surface area contributed by atoms with E-state index in [1.54, 1.807) is 0 Å². The van der Waals surface area contributed by atoms with E-state index in [9.17, 15) is 4.79 Å². The molecule has 0 aromatic heterocycles. The van der Waals surface area contributed by atoms with Gasteiger partial charge in [0.2, 0.25) is 5.91 Å². The number of rotatable bonds is 7. The zero-order valence-electron chi connectivity index (χ0n) is 10.4. The van der Waals surface area contributed by atoms with Crippen molar-refractivity contribution in [3.05, 3.63) is 24.3 Å². The molecule has 0 unspecified atom stereocenters. The number of nitrogens with one attached hydrogen (secondary N) is 2. The number of anilines is 1. The van der Waals surface area contributed by atoms with Gasteiger partial charge < -0.3 is 15.4 Å². The number of amides is 1. The van der Waals surface area contributed by atoms with Crippen LogP contribution in [-0.4, -0.2) is 25.6 Å². The molecule has 5 heteroatoms. The summed E-state index contributed by atoms with van der Waals surface area (Å²) in [6, 6.07) is 9.25. The van der Waals surface area contributed by atoms with E-state index in [1.807, 2.05) is 30.3 Å². The third-order valence-electron chi connectivity index (χ3n) is 2.14. The summed E-state index contributed by atoms with van der Waals surface area (Å²) in [6.07, 6.45) is 0.971. The fourth-order valence-electron chi connectivity index (χ4n) is 1.27. The molecule has 1 aromatic rings. The molecule has 18 heavy (non-hydrogen) atoms. The maximum Gasteiger partial charge on any atom is 0.240 e. The first-order chi connectivity index (χ1) is 8.76. The van der Waals surface area contributed by atoms with E-state index in [0.717, 1.165) is 17.9 Å². The fraction of sp³-hybridized carbons (Fsp3) is 0.385. The first-order valence-electron chi connectivity index (χ1n) is 5.86. The topological polar surface area (TPSA) is 74.2 Å². The quantitative estimate of drug-likeness (QED) is 0.716. The minimum Gasteiger partial charge on any atom is -0.494 e. The molecule has 96 valence electrons. The van der Waals surface area contributed by atoms with Gasteiger partial charge in [-0.1, -0.05) is 6.92 Å². The average Bonchev–Trinajstić information content (AvgIpc) is 2.41. The van der Waals surface area contributed by atoms with Gasteiger partial charge in [-0.25, -0.2) is 0 Å². The third kappa shape index (κ3) is 5.21. The highest BCUT2D eigenvalue weighted by Crippen LogP contribution is 2.15. The summed E-state index contributed by atoms with van der Waals surface area (Å²) in [5.74, 6) is 0.610. The van der Waals surface area contributed by atoms with Crippen LogP contribution in [0.2, 0.25) is 0 Å². The number of nitriles is 1. The molecule has 0 atom stereocenters. The Morgan fingerprint density at radius 3 is 2.72 bits per heavy atom. The predicted octanol–water partition coefficient (Wildman–Crippen LogP) is 1.53. The number of ether oxygens (including phenoxy) is 1. The van der Waals surface area contributed by atoms with Crippen molar-refractivity contribution in [1.82, 2.24) is 5.32 Å². The van der Waals surface area contributed by atoms with E-state index < -0.39 is 0 Å². The van der Waals surface area contributed by atoms with E-state index in [1.165, 1.54) is 0 Å². The number of benzene rings is 1. The Bertz CT molecular complexity index is 409. The Hall–Kier alpha value is -2.22. The van der Waals surface area contributed by atoms with E-state index in [0.29, 0.717) is 6.61 Å². The number of carbonyl (C=O) groups excluding carboxylic acids is 1. The standard InChI is InChI=1S/C13H17N3O2/c1-2-9-18-12-5-3-11(4-6-12)16-10-13(17)15-8-7-14/h3-6,16H,2,8-10H2,1H3,(H,15,17). The Balaban J connectivity index is 2.35. The lowest BCUT2D eigenvalue weighted by atomic mass is 10.3. The lowest BCUT2D eigenvalue weighted by Crippen LogP contribution is -2.29. The lowest BCUT2D eigenvalue weighted by Gasteiger charge is -2.08. The second-order valence-corrected chi connectivity index (χ2v) is 3.66. The highest BCUT2D eigenvalue weighted by Gasteiger charge is 2.00. The van der Waals surface area contributed by atoms with E-state index in [4.69, 9.17) is 10.00 Å². The van der Waals surface area contributed by atoms with Crippen LogP contribution in [0.3, 0.4) is 0 Å². The zero-order chi connectivity index (χ0) is 13.2. The molecule has 0 bridgehead atoms. The highest BCUT2D eigenvalue weighted by atomic mass is 16.5. The van der Waals surface area contributed by atoms with Gasteiger partial charge in [0.25, 0.3) is 0 Å². The first-order valence-corrected chi connectivity index (χ1v) is 5.86. The van der Waals surface area contributed by atoms with Gasteiger partial charge in [-0.3, -0.25) is 4.79 Å². The van der Waals surface area contributed by atoms with Crippen LogP contribution in [0.1, 0.15) is 13.3 Å². The zero-order valence-corrected chi connectivity index (χ0v) is 10.4. The highest BCUT2D eigenvalue weighted by molar-refractivity contribution is 5.80. The fourth-order valence-corrected chi connectivity index (χ4v) is 1.27. The number of hydrogen-bond donors (Lipinski definition) is 2. The van der Waals surface area contributed by atoms with Crippen molar-refractivity contribution in [1.29, 1.82) is 5.26 Å². The van der Waals surface area contributed by atoms with Gasteiger partial charge in [0.15, 0.2) is 0 Å². The average molecular weight is 247 g/mol. The van der Waals surface area contributed by atoms with Gasteiger partial charge >= 0.3 is 0 Å². The van der Waals surface area contributed by atoms with Gasteiger partial charge in [0.1, 0.15) is 12.3 Å². The molecular formula is C13H17N3O2. The molecule has 1 amide bonds. The maximum atomic E-state index is 11.2. The molecule has 0 fully saturated rings. The van der Waals surface area contributed by atoms with Crippen LogP contribution in [0, 0.1) is 11.3 Å². The van der Waals surface area contributed by atoms with Gasteiger partial charge in [-0.2, -0.15) is 5.26 Å². The molecule has 0 saturated heterocycles. The molecule has 0 spiro atoms. The summed E-state index contributed by atoms with van der Waals surface area (Å²) in [6.45, 7) is 2.93. The maximum absolute atomic E-state index is 11.2. The van der Waals surface area contributed by atoms with Crippen molar-refractivity contribution < 1.29 is 9.53 Å². The molecule has 0 radical (unpaired) electrons. The predicted molar refractivity (Wildman–Crippen MR) is 69.3 cm³/mol. The van der Waals surface area contributed by atoms with Gasteiger partial charge in [-0.05, 0) is 30.7 Å². The summed E-state index contributed by atoms with van der Waals surface area (Å²) in [4.78, 5) is 11.2. The Labute approximate surface area is 107 Å². The Morgan fingerprint density at radius 1 is 1.39 bits per heavy atom. The number of hydrogen-bond acceptors (Lipinski definition) is 4. The second-order valence-electron chi connectivity index (χ2n) is 3.66. The Kier molecular flexibility index (Phi) is 6.12. The Morgan fingerprint density at radius 2 is 2.11 bits per heavy atom. The van der Waals surface area contributed by atoms with E-state index >= 15 is 0 Å². The molecule has 2 N–H and O–H groups in total. The minimum absolute atomic E-state index is 0.0321. The lowest BCUT2D eigenvalue weighted by molar-refractivity contribution is -0.119. The van der Waals surface area contributed by atoms with Crippen LogP contribution in [0.25, 0.3) is 0 Å². The van der Waals surface area contributed by atoms with Crippen molar-refractivity contribution >= 4 is 11.6 Å². The molecule has 0 saturated carbocycles. The molecule has 1 rings (SSSR count). The minimum atomic E-state index is -0.206. The summed E-state index contributed by atoms with van der Waals surface area (Å²) in [5, 5.41) is 13.7. The van der Waals surface area contributed by atoms with Crippen LogP contribution >= 0.6 is 0 Å². The second kappa shape index (κ2) is 7.96. The van der Waals surface area contributed by atoms with Crippen LogP contribution in [-0.2, 0) is 4.79 Å². The van der Waals surface area contributed by atoms with Crippen molar-refractivity contribution in [3.8, 4) is 11.8 Å². The van der Waals surface area contributed by atoms with Gasteiger partial charge in [-0.15, -0.1) is 0 Å². The van der Waals surface area contributed by atoms with Crippen LogP contribution in [0.15, 0.2) is 24.3 Å². The van der Waals surface area contributed by atoms with Crippen molar-refractivity contribution in [2.24, 2.45) is 0 Å². The summed E-state index contributed by atoms with van der Waals surface area (Å²) in [5.41, 5.74) is 0.839. The largest absolute Gasteiger partial charge is 0.494 e. The molecule has 0 aliphatic carbocycles. The number of nitrogens with zero attached hydrogens (tertiary/aromatic N) is 1. The van der Waals surface area contributed by atoms with Crippen LogP contribution in [0.4, 0.5) is 5.69 Å². The molecule has 5 nitrogen and oxygen atoms in total.